The second-order valence-corrected chi connectivity index (χ2v) is 14.4. The summed E-state index contributed by atoms with van der Waals surface area (Å²) in [4.78, 5) is 27.1. The Morgan fingerprint density at radius 3 is 1.29 bits per heavy atom. The first-order valence-electron chi connectivity index (χ1n) is 20.8. The molecule has 0 aromatic carbocycles. The molecule has 0 rings (SSSR count). The van der Waals surface area contributed by atoms with Crippen LogP contribution in [0.5, 0.6) is 0 Å². The number of halogens is 1. The topological polar surface area (TPSA) is 55.8 Å². The summed E-state index contributed by atoms with van der Waals surface area (Å²) in [5.74, 6) is -0.325. The summed E-state index contributed by atoms with van der Waals surface area (Å²) in [6.45, 7) is 5.63. The van der Waals surface area contributed by atoms with Gasteiger partial charge in [-0.25, -0.2) is 0 Å². The van der Waals surface area contributed by atoms with Gasteiger partial charge in [0.25, 0.3) is 0 Å². The van der Waals surface area contributed by atoms with Gasteiger partial charge in [-0.2, -0.15) is 0 Å². The van der Waals surface area contributed by atoms with Gasteiger partial charge < -0.3 is 14.4 Å². The smallest absolute Gasteiger partial charge is 0.306 e. The molecule has 0 unspecified atom stereocenters. The fourth-order valence-corrected chi connectivity index (χ4v) is 5.99. The van der Waals surface area contributed by atoms with Gasteiger partial charge in [0.1, 0.15) is 12.7 Å². The van der Waals surface area contributed by atoms with E-state index in [1.807, 2.05) is 14.1 Å². The van der Waals surface area contributed by atoms with Crippen molar-refractivity contribution in [3.05, 3.63) is 24.3 Å². The molecule has 6 heteroatoms. The van der Waals surface area contributed by atoms with Crippen molar-refractivity contribution in [1.29, 1.82) is 0 Å². The molecule has 0 aromatic rings. The predicted molar refractivity (Wildman–Crippen MR) is 215 cm³/mol. The van der Waals surface area contributed by atoms with E-state index in [2.05, 4.69) is 43.1 Å². The molecule has 49 heavy (non-hydrogen) atoms. The molecule has 0 heterocycles. The van der Waals surface area contributed by atoms with Gasteiger partial charge in [0, 0.05) is 12.8 Å². The van der Waals surface area contributed by atoms with Crippen LogP contribution in [0, 0.1) is 0 Å². The van der Waals surface area contributed by atoms with E-state index in [1.54, 1.807) is 0 Å². The molecule has 0 saturated carbocycles. The summed E-state index contributed by atoms with van der Waals surface area (Å²) in [6, 6.07) is 0. The number of carbonyl (C=O) groups is 2. The zero-order valence-electron chi connectivity index (χ0n) is 33.0. The maximum Gasteiger partial charge on any atom is 0.306 e. The predicted octanol–water partition coefficient (Wildman–Crippen LogP) is 13.3. The standard InChI is InChI=1S/C43H81NO4.ClH/c1-5-7-9-11-13-15-17-19-21-23-25-27-29-31-33-37-42(45)47-40-41(36-35-39-44(3)4)48-43(46)38-34-32-30-28-26-24-22-20-18-16-14-12-10-8-6-2;/h19-22,41H,5-18,23-40H2,1-4H3;1H/b21-19-,22-20-;/t41-;/m1./s1. The largest absolute Gasteiger partial charge is 0.462 e. The number of hydrogen-bond acceptors (Lipinski definition) is 5. The van der Waals surface area contributed by atoms with Gasteiger partial charge in [0.05, 0.1) is 0 Å². The highest BCUT2D eigenvalue weighted by Gasteiger charge is 2.17. The fraction of sp³-hybridized carbons (Fsp3) is 0.860. The molecule has 0 fully saturated rings. The van der Waals surface area contributed by atoms with Crippen LogP contribution >= 0.6 is 12.4 Å². The molecule has 0 bridgehead atoms. The van der Waals surface area contributed by atoms with Gasteiger partial charge >= 0.3 is 11.9 Å². The number of nitrogens with zero attached hydrogens (tertiary/aromatic N) is 1. The van der Waals surface area contributed by atoms with E-state index in [-0.39, 0.29) is 37.1 Å². The van der Waals surface area contributed by atoms with Crippen LogP contribution in [0.1, 0.15) is 206 Å². The summed E-state index contributed by atoms with van der Waals surface area (Å²) in [5.41, 5.74) is 0. The van der Waals surface area contributed by atoms with Gasteiger partial charge in [-0.05, 0) is 97.7 Å². The second kappa shape index (κ2) is 41.1. The highest BCUT2D eigenvalue weighted by Crippen LogP contribution is 2.14. The van der Waals surface area contributed by atoms with E-state index in [0.717, 1.165) is 45.1 Å². The van der Waals surface area contributed by atoms with Gasteiger partial charge in [-0.15, -0.1) is 12.4 Å². The molecular weight excluding hydrogens is 630 g/mol. The Bertz CT molecular complexity index is 754. The van der Waals surface area contributed by atoms with Gasteiger partial charge in [-0.1, -0.05) is 141 Å². The number of carbonyl (C=O) groups excluding carboxylic acids is 2. The Kier molecular flexibility index (Phi) is 41.7. The first kappa shape index (κ1) is 49.8. The van der Waals surface area contributed by atoms with Gasteiger partial charge in [0.2, 0.25) is 0 Å². The SMILES string of the molecule is CCCCCCCC/C=C\CCCCCCCC(=O)OC[C@@H](CCCN(C)C)OC(=O)CCCCCCC/C=C\CCCCCCCC.Cl. The van der Waals surface area contributed by atoms with Crippen LogP contribution in [-0.2, 0) is 19.1 Å². The minimum absolute atomic E-state index is 0. The maximum atomic E-state index is 12.6. The van der Waals surface area contributed by atoms with E-state index in [4.69, 9.17) is 9.47 Å². The Morgan fingerprint density at radius 1 is 0.510 bits per heavy atom. The molecule has 0 aliphatic rings. The molecule has 5 nitrogen and oxygen atoms in total. The van der Waals surface area contributed by atoms with Crippen molar-refractivity contribution >= 4 is 24.3 Å². The van der Waals surface area contributed by atoms with Crippen molar-refractivity contribution in [2.45, 2.75) is 213 Å². The third kappa shape index (κ3) is 41.0. The van der Waals surface area contributed by atoms with Gasteiger partial charge in [0.15, 0.2) is 0 Å². The molecule has 1 atom stereocenters. The van der Waals surface area contributed by atoms with Crippen molar-refractivity contribution in [3.63, 3.8) is 0 Å². The molecule has 0 saturated heterocycles. The molecule has 0 amide bonds. The van der Waals surface area contributed by atoms with Crippen LogP contribution in [-0.4, -0.2) is 50.2 Å². The third-order valence-corrected chi connectivity index (χ3v) is 9.15. The molecule has 0 aliphatic carbocycles. The number of esters is 2. The van der Waals surface area contributed by atoms with Crippen molar-refractivity contribution in [2.75, 3.05) is 27.2 Å². The highest BCUT2D eigenvalue weighted by atomic mass is 35.5. The summed E-state index contributed by atoms with van der Waals surface area (Å²) in [6.07, 6.45) is 43.8. The lowest BCUT2D eigenvalue weighted by Crippen LogP contribution is -2.26. The number of unbranched alkanes of at least 4 members (excludes halogenated alkanes) is 22. The van der Waals surface area contributed by atoms with E-state index in [9.17, 15) is 9.59 Å². The number of allylic oxidation sites excluding steroid dienone is 4. The number of hydrogen-bond donors (Lipinski definition) is 0. The Labute approximate surface area is 311 Å². The average Bonchev–Trinajstić information content (AvgIpc) is 3.06. The van der Waals surface area contributed by atoms with Crippen LogP contribution in [0.3, 0.4) is 0 Å². The van der Waals surface area contributed by atoms with Crippen molar-refractivity contribution in [3.8, 4) is 0 Å². The van der Waals surface area contributed by atoms with E-state index >= 15 is 0 Å². The fourth-order valence-electron chi connectivity index (χ4n) is 5.99. The molecule has 0 radical (unpaired) electrons. The molecule has 290 valence electrons. The minimum atomic E-state index is -0.348. The summed E-state index contributed by atoms with van der Waals surface area (Å²) < 4.78 is 11.4. The van der Waals surface area contributed by atoms with E-state index in [0.29, 0.717) is 12.8 Å². The lowest BCUT2D eigenvalue weighted by Gasteiger charge is -2.19. The van der Waals surface area contributed by atoms with Crippen LogP contribution in [0.15, 0.2) is 24.3 Å². The van der Waals surface area contributed by atoms with Crippen LogP contribution in [0.4, 0.5) is 0 Å². The average molecular weight is 713 g/mol. The summed E-state index contributed by atoms with van der Waals surface area (Å²) in [5, 5.41) is 0. The Hall–Kier alpha value is -1.33. The van der Waals surface area contributed by atoms with Crippen LogP contribution < -0.4 is 0 Å². The van der Waals surface area contributed by atoms with Crippen molar-refractivity contribution in [1.82, 2.24) is 4.90 Å². The molecule has 0 aromatic heterocycles. The first-order valence-corrected chi connectivity index (χ1v) is 20.8. The lowest BCUT2D eigenvalue weighted by atomic mass is 10.1. The normalized spacial score (nSPS) is 12.2. The van der Waals surface area contributed by atoms with Crippen molar-refractivity contribution in [2.24, 2.45) is 0 Å². The van der Waals surface area contributed by atoms with E-state index < -0.39 is 0 Å². The number of rotatable bonds is 37. The van der Waals surface area contributed by atoms with Crippen LogP contribution in [0.2, 0.25) is 0 Å². The zero-order chi connectivity index (χ0) is 35.2. The quantitative estimate of drug-likeness (QED) is 0.0365. The molecule has 0 spiro atoms. The summed E-state index contributed by atoms with van der Waals surface area (Å²) >= 11 is 0. The third-order valence-electron chi connectivity index (χ3n) is 9.15. The van der Waals surface area contributed by atoms with Gasteiger partial charge in [-0.3, -0.25) is 9.59 Å². The van der Waals surface area contributed by atoms with Crippen LogP contribution in [0.25, 0.3) is 0 Å². The number of ether oxygens (including phenoxy) is 2. The zero-order valence-corrected chi connectivity index (χ0v) is 33.8. The minimum Gasteiger partial charge on any atom is -0.462 e. The first-order chi connectivity index (χ1) is 23.5. The lowest BCUT2D eigenvalue weighted by molar-refractivity contribution is -0.159. The molecule has 0 N–H and O–H groups in total. The monoisotopic (exact) mass is 712 g/mol. The highest BCUT2D eigenvalue weighted by molar-refractivity contribution is 5.85. The molecule has 0 aliphatic heterocycles. The Morgan fingerprint density at radius 2 is 0.878 bits per heavy atom. The summed E-state index contributed by atoms with van der Waals surface area (Å²) in [7, 11) is 4.09. The van der Waals surface area contributed by atoms with Crippen molar-refractivity contribution < 1.29 is 19.1 Å². The Balaban J connectivity index is 0. The second-order valence-electron chi connectivity index (χ2n) is 14.4. The molecular formula is C43H82ClNO4. The maximum absolute atomic E-state index is 12.6. The van der Waals surface area contributed by atoms with E-state index in [1.165, 1.54) is 141 Å².